The third-order valence-electron chi connectivity index (χ3n) is 3.62. The van der Waals surface area contributed by atoms with Crippen molar-refractivity contribution in [3.05, 3.63) is 0 Å². The van der Waals surface area contributed by atoms with Gasteiger partial charge in [0.05, 0.1) is 6.04 Å². The zero-order valence-electron chi connectivity index (χ0n) is 11.2. The number of nitrogens with zero attached hydrogens (tertiary/aromatic N) is 1. The number of amides is 1. The summed E-state index contributed by atoms with van der Waals surface area (Å²) in [6.45, 7) is 6.50. The lowest BCUT2D eigenvalue weighted by Gasteiger charge is -2.40. The van der Waals surface area contributed by atoms with Gasteiger partial charge in [0.25, 0.3) is 0 Å². The zero-order valence-corrected chi connectivity index (χ0v) is 11.2. The van der Waals surface area contributed by atoms with Gasteiger partial charge in [0.2, 0.25) is 0 Å². The van der Waals surface area contributed by atoms with Gasteiger partial charge in [0, 0.05) is 12.1 Å². The van der Waals surface area contributed by atoms with Crippen LogP contribution in [0, 0.1) is 0 Å². The van der Waals surface area contributed by atoms with Crippen LogP contribution < -0.4 is 5.73 Å². The molecule has 2 rings (SSSR count). The molecule has 2 aliphatic rings. The minimum absolute atomic E-state index is 0.128. The molecule has 1 saturated heterocycles. The molecule has 0 aromatic heterocycles. The number of carbonyl (C=O) groups excluding carboxylic acids is 1. The van der Waals surface area contributed by atoms with E-state index >= 15 is 0 Å². The third-order valence-corrected chi connectivity index (χ3v) is 3.62. The minimum atomic E-state index is -0.426. The average Bonchev–Trinajstić information content (AvgIpc) is 2.95. The minimum Gasteiger partial charge on any atom is -0.444 e. The molecule has 2 N–H and O–H groups in total. The maximum Gasteiger partial charge on any atom is 0.410 e. The molecule has 17 heavy (non-hydrogen) atoms. The number of ether oxygens (including phenoxy) is 1. The SMILES string of the molecule is CC(C)(C)OC(=O)N1CCCC[C@H]1C1(N)CC1. The molecule has 0 unspecified atom stereocenters. The van der Waals surface area contributed by atoms with Crippen LogP contribution in [0.25, 0.3) is 0 Å². The molecule has 1 aliphatic carbocycles. The van der Waals surface area contributed by atoms with Crippen molar-refractivity contribution in [2.45, 2.75) is 70.1 Å². The first kappa shape index (κ1) is 12.7. The van der Waals surface area contributed by atoms with Crippen LogP contribution in [0.2, 0.25) is 0 Å². The average molecular weight is 240 g/mol. The van der Waals surface area contributed by atoms with Crippen LogP contribution in [0.4, 0.5) is 4.79 Å². The molecule has 0 spiro atoms. The molecule has 4 nitrogen and oxygen atoms in total. The first-order chi connectivity index (χ1) is 7.82. The van der Waals surface area contributed by atoms with Gasteiger partial charge in [-0.1, -0.05) is 0 Å². The van der Waals surface area contributed by atoms with Crippen LogP contribution in [-0.2, 0) is 4.74 Å². The fourth-order valence-corrected chi connectivity index (χ4v) is 2.55. The second-order valence-corrected chi connectivity index (χ2v) is 6.42. The fourth-order valence-electron chi connectivity index (χ4n) is 2.55. The number of rotatable bonds is 1. The lowest BCUT2D eigenvalue weighted by Crippen LogP contribution is -2.55. The molecule has 0 aromatic carbocycles. The summed E-state index contributed by atoms with van der Waals surface area (Å²) in [5.74, 6) is 0. The lowest BCUT2D eigenvalue weighted by atomic mass is 9.94. The van der Waals surface area contributed by atoms with Gasteiger partial charge in [-0.3, -0.25) is 0 Å². The largest absolute Gasteiger partial charge is 0.444 e. The maximum absolute atomic E-state index is 12.1. The van der Waals surface area contributed by atoms with Gasteiger partial charge < -0.3 is 15.4 Å². The van der Waals surface area contributed by atoms with E-state index in [9.17, 15) is 4.79 Å². The molecule has 1 atom stereocenters. The maximum atomic E-state index is 12.1. The number of hydrogen-bond acceptors (Lipinski definition) is 3. The van der Waals surface area contributed by atoms with Crippen LogP contribution in [0.15, 0.2) is 0 Å². The van der Waals surface area contributed by atoms with E-state index in [1.54, 1.807) is 0 Å². The predicted octanol–water partition coefficient (Wildman–Crippen LogP) is 2.27. The summed E-state index contributed by atoms with van der Waals surface area (Å²) in [6, 6.07) is 0.186. The van der Waals surface area contributed by atoms with Crippen LogP contribution >= 0.6 is 0 Å². The Kier molecular flexibility index (Phi) is 3.10. The van der Waals surface area contributed by atoms with Crippen LogP contribution in [0.5, 0.6) is 0 Å². The Bertz CT molecular complexity index is 305. The second kappa shape index (κ2) is 4.16. The van der Waals surface area contributed by atoms with Crippen molar-refractivity contribution in [2.24, 2.45) is 5.73 Å². The van der Waals surface area contributed by atoms with E-state index in [1.165, 1.54) is 6.42 Å². The van der Waals surface area contributed by atoms with E-state index < -0.39 is 5.60 Å². The summed E-state index contributed by atoms with van der Waals surface area (Å²) < 4.78 is 5.46. The molecule has 0 radical (unpaired) electrons. The number of carbonyl (C=O) groups is 1. The first-order valence-electron chi connectivity index (χ1n) is 6.60. The van der Waals surface area contributed by atoms with E-state index in [-0.39, 0.29) is 17.7 Å². The van der Waals surface area contributed by atoms with Gasteiger partial charge in [0.15, 0.2) is 0 Å². The highest BCUT2D eigenvalue weighted by Gasteiger charge is 2.50. The molecule has 98 valence electrons. The van der Waals surface area contributed by atoms with Gasteiger partial charge in [-0.15, -0.1) is 0 Å². The first-order valence-corrected chi connectivity index (χ1v) is 6.60. The van der Waals surface area contributed by atoms with Crippen molar-refractivity contribution >= 4 is 6.09 Å². The highest BCUT2D eigenvalue weighted by Crippen LogP contribution is 2.42. The Balaban J connectivity index is 2.03. The highest BCUT2D eigenvalue weighted by molar-refractivity contribution is 5.69. The molecule has 0 bridgehead atoms. The quantitative estimate of drug-likeness (QED) is 0.765. The molecule has 1 amide bonds. The van der Waals surface area contributed by atoms with Crippen LogP contribution in [-0.4, -0.2) is 34.7 Å². The Labute approximate surface area is 103 Å². The normalized spacial score (nSPS) is 27.8. The molecule has 1 heterocycles. The van der Waals surface area contributed by atoms with E-state index in [4.69, 9.17) is 10.5 Å². The highest BCUT2D eigenvalue weighted by atomic mass is 16.6. The summed E-state index contributed by atoms with van der Waals surface area (Å²) in [5.41, 5.74) is 5.71. The molecule has 1 saturated carbocycles. The van der Waals surface area contributed by atoms with Crippen LogP contribution in [0.3, 0.4) is 0 Å². The van der Waals surface area contributed by atoms with Gasteiger partial charge in [-0.25, -0.2) is 4.79 Å². The van der Waals surface area contributed by atoms with Gasteiger partial charge in [-0.2, -0.15) is 0 Å². The number of likely N-dealkylation sites (tertiary alicyclic amines) is 1. The standard InChI is InChI=1S/C13H24N2O2/c1-12(2,3)17-11(16)15-9-5-4-6-10(15)13(14)7-8-13/h10H,4-9,14H2,1-3H3/t10-/m0/s1. The number of nitrogens with two attached hydrogens (primary N) is 1. The fraction of sp³-hybridized carbons (Fsp3) is 0.923. The van der Waals surface area contributed by atoms with E-state index in [2.05, 4.69) is 0 Å². The lowest BCUT2D eigenvalue weighted by molar-refractivity contribution is 0.00507. The van der Waals surface area contributed by atoms with Gasteiger partial charge >= 0.3 is 6.09 Å². The van der Waals surface area contributed by atoms with Gasteiger partial charge in [-0.05, 0) is 52.9 Å². The molecule has 1 aliphatic heterocycles. The summed E-state index contributed by atoms with van der Waals surface area (Å²) in [5, 5.41) is 0. The predicted molar refractivity (Wildman–Crippen MR) is 66.7 cm³/mol. The molecular weight excluding hydrogens is 216 g/mol. The molecule has 0 aromatic rings. The molecule has 4 heteroatoms. The smallest absolute Gasteiger partial charge is 0.410 e. The topological polar surface area (TPSA) is 55.6 Å². The van der Waals surface area contributed by atoms with Crippen LogP contribution in [0.1, 0.15) is 52.9 Å². The monoisotopic (exact) mass is 240 g/mol. The molecule has 2 fully saturated rings. The number of piperidine rings is 1. The third kappa shape index (κ3) is 2.92. The Morgan fingerprint density at radius 1 is 1.35 bits per heavy atom. The van der Waals surface area contributed by atoms with Crippen molar-refractivity contribution in [3.63, 3.8) is 0 Å². The summed E-state index contributed by atoms with van der Waals surface area (Å²) in [4.78, 5) is 14.0. The Hall–Kier alpha value is -0.770. The van der Waals surface area contributed by atoms with E-state index in [0.29, 0.717) is 0 Å². The van der Waals surface area contributed by atoms with Gasteiger partial charge in [0.1, 0.15) is 5.60 Å². The second-order valence-electron chi connectivity index (χ2n) is 6.42. The Morgan fingerprint density at radius 2 is 2.00 bits per heavy atom. The van der Waals surface area contributed by atoms with Crippen molar-refractivity contribution in [1.82, 2.24) is 4.90 Å². The summed E-state index contributed by atoms with van der Waals surface area (Å²) >= 11 is 0. The van der Waals surface area contributed by atoms with E-state index in [0.717, 1.165) is 32.2 Å². The van der Waals surface area contributed by atoms with Crippen molar-refractivity contribution in [3.8, 4) is 0 Å². The summed E-state index contributed by atoms with van der Waals surface area (Å²) in [6.07, 6.45) is 5.14. The molecular formula is C13H24N2O2. The Morgan fingerprint density at radius 3 is 2.53 bits per heavy atom. The van der Waals surface area contributed by atoms with E-state index in [1.807, 2.05) is 25.7 Å². The summed E-state index contributed by atoms with van der Waals surface area (Å²) in [7, 11) is 0. The number of hydrogen-bond donors (Lipinski definition) is 1. The zero-order chi connectivity index (χ0) is 12.7. The van der Waals surface area contributed by atoms with Crippen molar-refractivity contribution in [2.75, 3.05) is 6.54 Å². The van der Waals surface area contributed by atoms with Crippen molar-refractivity contribution < 1.29 is 9.53 Å². The van der Waals surface area contributed by atoms with Crippen molar-refractivity contribution in [1.29, 1.82) is 0 Å².